The molecule has 6 heteroatoms. The Balaban J connectivity index is 1.79. The molecule has 2 aromatic rings. The molecule has 4 nitrogen and oxygen atoms in total. The molecule has 1 atom stereocenters. The van der Waals surface area contributed by atoms with Gasteiger partial charge in [-0.15, -0.1) is 0 Å². The summed E-state index contributed by atoms with van der Waals surface area (Å²) in [4.78, 5) is 4.77. The van der Waals surface area contributed by atoms with Gasteiger partial charge in [-0.3, -0.25) is 4.98 Å². The minimum absolute atomic E-state index is 0.152. The van der Waals surface area contributed by atoms with Gasteiger partial charge in [0.1, 0.15) is 0 Å². The molecule has 3 rings (SSSR count). The van der Waals surface area contributed by atoms with Gasteiger partial charge in [0, 0.05) is 41.8 Å². The van der Waals surface area contributed by atoms with Gasteiger partial charge in [-0.1, -0.05) is 35.9 Å². The minimum Gasteiger partial charge on any atom is -0.257 e. The van der Waals surface area contributed by atoms with E-state index in [1.54, 1.807) is 4.31 Å². The Kier molecular flexibility index (Phi) is 5.23. The molecule has 24 heavy (non-hydrogen) atoms. The zero-order valence-electron chi connectivity index (χ0n) is 13.7. The highest BCUT2D eigenvalue weighted by Crippen LogP contribution is 2.27. The second-order valence-corrected chi connectivity index (χ2v) is 8.67. The van der Waals surface area contributed by atoms with E-state index in [9.17, 15) is 8.42 Å². The highest BCUT2D eigenvalue weighted by molar-refractivity contribution is 7.88. The van der Waals surface area contributed by atoms with Crippen LogP contribution < -0.4 is 0 Å². The summed E-state index contributed by atoms with van der Waals surface area (Å²) in [6, 6.07) is 13.7. The lowest BCUT2D eigenvalue weighted by Gasteiger charge is -2.30. The monoisotopic (exact) mass is 364 g/mol. The van der Waals surface area contributed by atoms with Crippen LogP contribution in [0.15, 0.2) is 42.5 Å². The standard InChI is InChI=1S/C18H21ClN2O2S/c1-24(22,23)21-11-5-7-15(13-21)18-10-4-8-16(20-18)12-14-6-2-3-9-17(14)19/h2-4,6,8-10,15H,5,7,11-13H2,1H3. The molecule has 1 saturated heterocycles. The van der Waals surface area contributed by atoms with Crippen molar-refractivity contribution in [2.45, 2.75) is 25.2 Å². The fraction of sp³-hybridized carbons (Fsp3) is 0.389. The predicted molar refractivity (Wildman–Crippen MR) is 96.9 cm³/mol. The van der Waals surface area contributed by atoms with Crippen LogP contribution in [0.25, 0.3) is 0 Å². The summed E-state index contributed by atoms with van der Waals surface area (Å²) in [5.41, 5.74) is 2.97. The van der Waals surface area contributed by atoms with E-state index in [2.05, 4.69) is 0 Å². The number of rotatable bonds is 4. The Bertz CT molecular complexity index is 823. The van der Waals surface area contributed by atoms with Gasteiger partial charge < -0.3 is 0 Å². The lowest BCUT2D eigenvalue weighted by molar-refractivity contribution is 0.314. The first-order valence-electron chi connectivity index (χ1n) is 8.08. The Hall–Kier alpha value is -1.43. The van der Waals surface area contributed by atoms with Gasteiger partial charge in [-0.25, -0.2) is 12.7 Å². The van der Waals surface area contributed by atoms with Gasteiger partial charge in [0.05, 0.1) is 6.26 Å². The second-order valence-electron chi connectivity index (χ2n) is 6.28. The van der Waals surface area contributed by atoms with Crippen molar-refractivity contribution in [2.24, 2.45) is 0 Å². The Morgan fingerprint density at radius 1 is 1.21 bits per heavy atom. The number of nitrogens with zero attached hydrogens (tertiary/aromatic N) is 2. The van der Waals surface area contributed by atoms with Crippen LogP contribution >= 0.6 is 11.6 Å². The predicted octanol–water partition coefficient (Wildman–Crippen LogP) is 3.46. The number of hydrogen-bond acceptors (Lipinski definition) is 3. The maximum Gasteiger partial charge on any atom is 0.211 e. The van der Waals surface area contributed by atoms with E-state index in [0.29, 0.717) is 19.5 Å². The first-order valence-corrected chi connectivity index (χ1v) is 10.3. The van der Waals surface area contributed by atoms with E-state index >= 15 is 0 Å². The van der Waals surface area contributed by atoms with Gasteiger partial charge >= 0.3 is 0 Å². The summed E-state index contributed by atoms with van der Waals surface area (Å²) in [6.07, 6.45) is 3.79. The molecule has 1 aromatic carbocycles. The van der Waals surface area contributed by atoms with Crippen molar-refractivity contribution >= 4 is 21.6 Å². The molecule has 0 radical (unpaired) electrons. The van der Waals surface area contributed by atoms with Crippen molar-refractivity contribution in [1.29, 1.82) is 0 Å². The second kappa shape index (κ2) is 7.21. The van der Waals surface area contributed by atoms with E-state index < -0.39 is 10.0 Å². The summed E-state index contributed by atoms with van der Waals surface area (Å²) < 4.78 is 25.2. The van der Waals surface area contributed by atoms with Crippen LogP contribution in [0.5, 0.6) is 0 Å². The third-order valence-corrected chi connectivity index (χ3v) is 6.07. The van der Waals surface area contributed by atoms with Crippen LogP contribution in [0.3, 0.4) is 0 Å². The lowest BCUT2D eigenvalue weighted by Crippen LogP contribution is -2.38. The van der Waals surface area contributed by atoms with Crippen molar-refractivity contribution in [2.75, 3.05) is 19.3 Å². The molecule has 128 valence electrons. The Morgan fingerprint density at radius 3 is 2.75 bits per heavy atom. The highest BCUT2D eigenvalue weighted by Gasteiger charge is 2.27. The van der Waals surface area contributed by atoms with Crippen molar-refractivity contribution < 1.29 is 8.42 Å². The molecular formula is C18H21ClN2O2S. The topological polar surface area (TPSA) is 50.3 Å². The summed E-state index contributed by atoms with van der Waals surface area (Å²) in [7, 11) is -3.14. The molecule has 1 fully saturated rings. The van der Waals surface area contributed by atoms with E-state index in [1.165, 1.54) is 6.26 Å². The summed E-state index contributed by atoms with van der Waals surface area (Å²) in [5.74, 6) is 0.152. The van der Waals surface area contributed by atoms with Gasteiger partial charge in [0.2, 0.25) is 10.0 Å². The van der Waals surface area contributed by atoms with Crippen LogP contribution in [-0.2, 0) is 16.4 Å². The molecule has 1 aliphatic heterocycles. The molecule has 0 saturated carbocycles. The third-order valence-electron chi connectivity index (χ3n) is 4.43. The Labute approximate surface area is 148 Å². The van der Waals surface area contributed by atoms with E-state index in [0.717, 1.165) is 34.8 Å². The van der Waals surface area contributed by atoms with E-state index in [1.807, 2.05) is 42.5 Å². The first kappa shape index (κ1) is 17.4. The van der Waals surface area contributed by atoms with Gasteiger partial charge in [-0.05, 0) is 36.6 Å². The summed E-state index contributed by atoms with van der Waals surface area (Å²) in [6.45, 7) is 1.12. The fourth-order valence-corrected chi connectivity index (χ4v) is 4.26. The average Bonchev–Trinajstić information content (AvgIpc) is 2.57. The number of benzene rings is 1. The average molecular weight is 365 g/mol. The van der Waals surface area contributed by atoms with Crippen molar-refractivity contribution in [3.8, 4) is 0 Å². The van der Waals surface area contributed by atoms with E-state index in [4.69, 9.17) is 16.6 Å². The van der Waals surface area contributed by atoms with Crippen molar-refractivity contribution in [3.05, 3.63) is 64.4 Å². The van der Waals surface area contributed by atoms with Gasteiger partial charge in [0.15, 0.2) is 0 Å². The van der Waals surface area contributed by atoms with Gasteiger partial charge in [0.25, 0.3) is 0 Å². The number of aromatic nitrogens is 1. The number of sulfonamides is 1. The van der Waals surface area contributed by atoms with Crippen molar-refractivity contribution in [1.82, 2.24) is 9.29 Å². The Morgan fingerprint density at radius 2 is 2.00 bits per heavy atom. The number of hydrogen-bond donors (Lipinski definition) is 0. The fourth-order valence-electron chi connectivity index (χ4n) is 3.15. The maximum atomic E-state index is 11.8. The molecule has 0 N–H and O–H groups in total. The largest absolute Gasteiger partial charge is 0.257 e. The molecule has 0 aliphatic carbocycles. The zero-order valence-corrected chi connectivity index (χ0v) is 15.2. The van der Waals surface area contributed by atoms with Crippen molar-refractivity contribution in [3.63, 3.8) is 0 Å². The normalized spacial score (nSPS) is 19.3. The third kappa shape index (κ3) is 4.15. The van der Waals surface area contributed by atoms with Crippen LogP contribution in [-0.4, -0.2) is 37.1 Å². The van der Waals surface area contributed by atoms with Crippen LogP contribution in [0.2, 0.25) is 5.02 Å². The molecule has 0 bridgehead atoms. The smallest absolute Gasteiger partial charge is 0.211 e. The number of pyridine rings is 1. The summed E-state index contributed by atoms with van der Waals surface area (Å²) >= 11 is 6.23. The minimum atomic E-state index is -3.14. The van der Waals surface area contributed by atoms with E-state index in [-0.39, 0.29) is 5.92 Å². The SMILES string of the molecule is CS(=O)(=O)N1CCCC(c2cccc(Cc3ccccc3Cl)n2)C1. The molecule has 0 amide bonds. The molecule has 1 unspecified atom stereocenters. The molecular weight excluding hydrogens is 344 g/mol. The number of piperidine rings is 1. The summed E-state index contributed by atoms with van der Waals surface area (Å²) in [5, 5.41) is 0.741. The van der Waals surface area contributed by atoms with Crippen LogP contribution in [0, 0.1) is 0 Å². The zero-order chi connectivity index (χ0) is 17.2. The van der Waals surface area contributed by atoms with Crippen LogP contribution in [0.1, 0.15) is 35.7 Å². The molecule has 2 heterocycles. The molecule has 0 spiro atoms. The maximum absolute atomic E-state index is 11.8. The molecule has 1 aromatic heterocycles. The quantitative estimate of drug-likeness (QED) is 0.834. The van der Waals surface area contributed by atoms with Gasteiger partial charge in [-0.2, -0.15) is 0 Å². The van der Waals surface area contributed by atoms with Crippen LogP contribution in [0.4, 0.5) is 0 Å². The number of halogens is 1. The molecule has 1 aliphatic rings. The highest BCUT2D eigenvalue weighted by atomic mass is 35.5. The first-order chi connectivity index (χ1) is 11.4. The lowest BCUT2D eigenvalue weighted by atomic mass is 9.95.